The number of anilines is 9. The van der Waals surface area contributed by atoms with Crippen LogP contribution < -0.4 is 30.4 Å². The molecule has 0 radical (unpaired) electrons. The lowest BCUT2D eigenvalue weighted by molar-refractivity contribution is -0.0399. The molecular weight excluding hydrogens is 1130 g/mol. The number of furan rings is 1. The van der Waals surface area contributed by atoms with E-state index in [1.54, 1.807) is 11.1 Å². The summed E-state index contributed by atoms with van der Waals surface area (Å²) in [5.74, 6) is 2.99. The third kappa shape index (κ3) is 8.01. The zero-order valence-corrected chi connectivity index (χ0v) is 57.1. The van der Waals surface area contributed by atoms with Gasteiger partial charge in [0, 0.05) is 70.7 Å². The van der Waals surface area contributed by atoms with Gasteiger partial charge in [-0.1, -0.05) is 187 Å². The van der Waals surface area contributed by atoms with Crippen molar-refractivity contribution in [3.05, 3.63) is 215 Å². The van der Waals surface area contributed by atoms with Gasteiger partial charge in [-0.05, 0) is 230 Å². The van der Waals surface area contributed by atoms with Crippen molar-refractivity contribution in [2.45, 2.75) is 167 Å². The summed E-state index contributed by atoms with van der Waals surface area (Å²) in [6.45, 7) is 31.1. The molecule has 460 valence electrons. The van der Waals surface area contributed by atoms with Crippen molar-refractivity contribution in [2.24, 2.45) is 23.7 Å². The number of hydrogen-bond donors (Lipinski definition) is 0. The van der Waals surface area contributed by atoms with Gasteiger partial charge in [0.15, 0.2) is 5.58 Å². The summed E-state index contributed by atoms with van der Waals surface area (Å²) in [5.41, 5.74) is 28.2. The molecule has 92 heavy (non-hydrogen) atoms. The Bertz CT molecular complexity index is 4830. The van der Waals surface area contributed by atoms with Crippen LogP contribution in [0.4, 0.5) is 51.2 Å². The highest BCUT2D eigenvalue weighted by Crippen LogP contribution is 2.71. The molecule has 2 aliphatic heterocycles. The van der Waals surface area contributed by atoms with Crippen LogP contribution in [-0.2, 0) is 32.5 Å². The topological polar surface area (TPSA) is 22.9 Å². The Balaban J connectivity index is 0.966. The quantitative estimate of drug-likeness (QED) is 0.160. The Hall–Kier alpha value is -7.80. The molecular formula is C86H86BN3OS. The Morgan fingerprint density at radius 1 is 0.467 bits per heavy atom. The lowest BCUT2D eigenvalue weighted by atomic mass is 9.36. The molecule has 1 spiro atoms. The average molecular weight is 1220 g/mol. The van der Waals surface area contributed by atoms with Crippen LogP contribution in [0.1, 0.15) is 174 Å². The molecule has 2 aromatic heterocycles. The van der Waals surface area contributed by atoms with Crippen LogP contribution in [0, 0.1) is 23.7 Å². The van der Waals surface area contributed by atoms with E-state index in [0.29, 0.717) is 11.8 Å². The first-order valence-corrected chi connectivity index (χ1v) is 35.5. The Morgan fingerprint density at radius 3 is 1.67 bits per heavy atom. The lowest BCUT2D eigenvalue weighted by Crippen LogP contribution is -2.60. The maximum Gasteiger partial charge on any atom is 0.264 e. The molecule has 4 heterocycles. The molecule has 9 aromatic carbocycles. The van der Waals surface area contributed by atoms with Crippen LogP contribution in [0.15, 0.2) is 180 Å². The van der Waals surface area contributed by atoms with Crippen molar-refractivity contribution < 1.29 is 4.42 Å². The zero-order valence-electron chi connectivity index (χ0n) is 56.2. The standard InChI is InChI=1S/C86H86BN3OS/c1-81(2,3)52-28-32-57(33-29-52)88(58-34-30-53(31-35-58)82(4,5)6)59-36-37-68-71(47-59)89(69-25-19-24-65-76(69)62-21-14-16-23-64(62)86(65)55-41-50-40-51(43-55)44-56(86)42-50)72-45-54(83(7,8)9)46-73-77(72)87(68)80-78(63-48-66-67(49-75(63)92-80)85(12,13)39-38-84(66,10)11)90(73)70-26-18-22-61-60-20-15-17-27-74(60)91-79(61)70/h14-37,45-51,55-56H,38-44H2,1-13H3. The molecule has 11 aromatic rings. The van der Waals surface area contributed by atoms with E-state index in [0.717, 1.165) is 69.4 Å². The summed E-state index contributed by atoms with van der Waals surface area (Å²) >= 11 is 2.04. The van der Waals surface area contributed by atoms with Gasteiger partial charge < -0.3 is 19.1 Å². The smallest absolute Gasteiger partial charge is 0.264 e. The highest BCUT2D eigenvalue weighted by atomic mass is 32.1. The maximum atomic E-state index is 7.23. The van der Waals surface area contributed by atoms with Crippen molar-refractivity contribution in [2.75, 3.05) is 14.7 Å². The first kappa shape index (κ1) is 56.9. The fraction of sp³-hybridized carbons (Fsp3) is 0.349. The second kappa shape index (κ2) is 19.2. The summed E-state index contributed by atoms with van der Waals surface area (Å²) < 4.78 is 9.97. The number of thiophene rings is 1. The van der Waals surface area contributed by atoms with E-state index < -0.39 is 0 Å². The number of benzene rings is 9. The number of fused-ring (bicyclic) bond motifs is 13. The van der Waals surface area contributed by atoms with Gasteiger partial charge in [0.05, 0.1) is 17.1 Å². The van der Waals surface area contributed by atoms with Crippen LogP contribution in [0.25, 0.3) is 43.2 Å². The monoisotopic (exact) mass is 1220 g/mol. The predicted molar refractivity (Wildman–Crippen MR) is 392 cm³/mol. The lowest BCUT2D eigenvalue weighted by Gasteiger charge is -2.61. The van der Waals surface area contributed by atoms with Crippen LogP contribution in [-0.4, -0.2) is 6.71 Å². The summed E-state index contributed by atoms with van der Waals surface area (Å²) in [4.78, 5) is 8.04. The van der Waals surface area contributed by atoms with Gasteiger partial charge in [-0.15, -0.1) is 11.3 Å². The van der Waals surface area contributed by atoms with Crippen molar-refractivity contribution >= 4 is 117 Å². The zero-order chi connectivity index (χ0) is 63.1. The van der Waals surface area contributed by atoms with Crippen molar-refractivity contribution in [3.8, 4) is 11.1 Å². The third-order valence-corrected chi connectivity index (χ3v) is 25.4. The second-order valence-electron chi connectivity index (χ2n) is 33.6. The normalized spacial score (nSPS) is 22.0. The minimum atomic E-state index is -0.220. The molecule has 6 aliphatic carbocycles. The fourth-order valence-electron chi connectivity index (χ4n) is 19.6. The largest absolute Gasteiger partial charge is 0.454 e. The second-order valence-corrected chi connectivity index (χ2v) is 34.7. The molecule has 0 N–H and O–H groups in total. The van der Waals surface area contributed by atoms with E-state index in [9.17, 15) is 0 Å². The predicted octanol–water partition coefficient (Wildman–Crippen LogP) is 22.3. The van der Waals surface area contributed by atoms with Gasteiger partial charge in [0.1, 0.15) is 5.58 Å². The fourth-order valence-corrected chi connectivity index (χ4v) is 20.9. The SMILES string of the molecule is CC(C)(C)c1ccc(N(c2ccc(C(C)(C)C)cc2)c2ccc3c(c2)N(c2cccc4c2-c2ccccc2C42C4CC5CC(C4)CC2C5)c2cc(C(C)(C)C)cc4c2B3c2sc3cc5c(cc3c2N4c2cccc3c2oc2ccccc23)C(C)(C)CCC5(C)C)cc1. The number of rotatable bonds is 5. The minimum absolute atomic E-state index is 0.00336. The Kier molecular flexibility index (Phi) is 11.9. The van der Waals surface area contributed by atoms with Gasteiger partial charge in [-0.25, -0.2) is 0 Å². The van der Waals surface area contributed by atoms with Gasteiger partial charge in [0.2, 0.25) is 0 Å². The number of para-hydroxylation sites is 2. The molecule has 6 heteroatoms. The molecule has 4 nitrogen and oxygen atoms in total. The van der Waals surface area contributed by atoms with Crippen molar-refractivity contribution in [3.63, 3.8) is 0 Å². The first-order valence-electron chi connectivity index (χ1n) is 34.6. The van der Waals surface area contributed by atoms with Crippen LogP contribution in [0.2, 0.25) is 0 Å². The average Bonchev–Trinajstić information content (AvgIpc) is 1.41. The maximum absolute atomic E-state index is 7.23. The van der Waals surface area contributed by atoms with Crippen LogP contribution in [0.3, 0.4) is 0 Å². The summed E-state index contributed by atoms with van der Waals surface area (Å²) in [5, 5.41) is 3.62. The van der Waals surface area contributed by atoms with Gasteiger partial charge >= 0.3 is 0 Å². The third-order valence-electron chi connectivity index (χ3n) is 24.1. The van der Waals surface area contributed by atoms with E-state index in [1.165, 1.54) is 125 Å². The molecule has 0 saturated heterocycles. The van der Waals surface area contributed by atoms with E-state index in [2.05, 4.69) is 281 Å². The first-order chi connectivity index (χ1) is 44.0. The Morgan fingerprint density at radius 2 is 1.02 bits per heavy atom. The summed E-state index contributed by atoms with van der Waals surface area (Å²) in [6.07, 6.45) is 9.12. The van der Waals surface area contributed by atoms with Crippen molar-refractivity contribution in [1.29, 1.82) is 0 Å². The van der Waals surface area contributed by atoms with E-state index >= 15 is 0 Å². The van der Waals surface area contributed by atoms with E-state index in [1.807, 2.05) is 11.3 Å². The van der Waals surface area contributed by atoms with Crippen molar-refractivity contribution in [1.82, 2.24) is 0 Å². The van der Waals surface area contributed by atoms with E-state index in [-0.39, 0.29) is 39.2 Å². The molecule has 8 aliphatic rings. The molecule has 4 bridgehead atoms. The number of hydrogen-bond acceptors (Lipinski definition) is 5. The van der Waals surface area contributed by atoms with Gasteiger partial charge in [-0.2, -0.15) is 0 Å². The van der Waals surface area contributed by atoms with E-state index in [4.69, 9.17) is 4.42 Å². The molecule has 0 unspecified atom stereocenters. The molecule has 0 amide bonds. The molecule has 0 atom stereocenters. The summed E-state index contributed by atoms with van der Waals surface area (Å²) in [6, 6.07) is 69.9. The van der Waals surface area contributed by atoms with Gasteiger partial charge in [-0.3, -0.25) is 0 Å². The highest BCUT2D eigenvalue weighted by Gasteiger charge is 2.62. The van der Waals surface area contributed by atoms with Crippen LogP contribution >= 0.6 is 11.3 Å². The minimum Gasteiger partial charge on any atom is -0.454 e. The summed E-state index contributed by atoms with van der Waals surface area (Å²) in [7, 11) is 0. The van der Waals surface area contributed by atoms with Crippen LogP contribution in [0.5, 0.6) is 0 Å². The molecule has 4 fully saturated rings. The van der Waals surface area contributed by atoms with Gasteiger partial charge in [0.25, 0.3) is 6.71 Å². The Labute approximate surface area is 549 Å². The number of nitrogens with zero attached hydrogens (tertiary/aromatic N) is 3. The molecule has 19 rings (SSSR count). The molecule has 4 saturated carbocycles. The highest BCUT2D eigenvalue weighted by molar-refractivity contribution is 7.33.